The van der Waals surface area contributed by atoms with Crippen molar-refractivity contribution in [3.05, 3.63) is 13.8 Å². The quantitative estimate of drug-likeness (QED) is 0.682. The monoisotopic (exact) mass is 282 g/mol. The van der Waals surface area contributed by atoms with Crippen LogP contribution in [-0.4, -0.2) is 0 Å². The molecule has 0 aliphatic rings. The van der Waals surface area contributed by atoms with Crippen molar-refractivity contribution >= 4 is 0 Å². The van der Waals surface area contributed by atoms with Gasteiger partial charge in [-0.05, 0) is 0 Å². The van der Waals surface area contributed by atoms with Gasteiger partial charge in [0.05, 0.1) is 0 Å². The zero-order chi connectivity index (χ0) is 5.86. The van der Waals surface area contributed by atoms with Crippen LogP contribution in [0.5, 0.6) is 0 Å². The van der Waals surface area contributed by atoms with E-state index in [4.69, 9.17) is 0 Å². The Bertz CT molecular complexity index is 41.7. The SMILES string of the molecule is [CH2-]CC([CH2-])C(C)C.[W+2]. The third kappa shape index (κ3) is 4.84. The van der Waals surface area contributed by atoms with Crippen molar-refractivity contribution in [2.75, 3.05) is 0 Å². The number of hydrogen-bond donors (Lipinski definition) is 0. The average Bonchev–Trinajstić information content (AvgIpc) is 1.65. The first-order valence-corrected chi connectivity index (χ1v) is 2.80. The molecule has 0 heterocycles. The molecule has 0 amide bonds. The van der Waals surface area contributed by atoms with Gasteiger partial charge in [-0.3, -0.25) is 0 Å². The second-order valence-electron chi connectivity index (χ2n) is 2.29. The standard InChI is InChI=1S/C7H14.W/c1-5-7(4)6(2)3;/h6-7H,1,4-5H2,2-3H3;/q-2;+2. The molecule has 0 radical (unpaired) electrons. The zero-order valence-electron chi connectivity index (χ0n) is 5.68. The van der Waals surface area contributed by atoms with Crippen molar-refractivity contribution in [2.45, 2.75) is 20.3 Å². The van der Waals surface area contributed by atoms with Gasteiger partial charge in [-0.15, -0.1) is 0 Å². The van der Waals surface area contributed by atoms with Gasteiger partial charge >= 0.3 is 21.1 Å². The van der Waals surface area contributed by atoms with E-state index < -0.39 is 0 Å². The molecule has 0 bridgehead atoms. The molecule has 0 nitrogen and oxygen atoms in total. The maximum atomic E-state index is 3.89. The van der Waals surface area contributed by atoms with Crippen LogP contribution in [0.15, 0.2) is 0 Å². The molecule has 1 unspecified atom stereocenters. The number of hydrogen-bond acceptors (Lipinski definition) is 0. The van der Waals surface area contributed by atoms with Crippen molar-refractivity contribution in [2.24, 2.45) is 11.8 Å². The summed E-state index contributed by atoms with van der Waals surface area (Å²) >= 11 is 0. The fourth-order valence-corrected chi connectivity index (χ4v) is 0.333. The van der Waals surface area contributed by atoms with E-state index in [0.717, 1.165) is 6.42 Å². The molecule has 0 saturated heterocycles. The van der Waals surface area contributed by atoms with Crippen molar-refractivity contribution in [1.29, 1.82) is 0 Å². The van der Waals surface area contributed by atoms with Crippen LogP contribution in [0.25, 0.3) is 0 Å². The Morgan fingerprint density at radius 3 is 1.75 bits per heavy atom. The molecule has 8 heavy (non-hydrogen) atoms. The predicted octanol–water partition coefficient (Wildman–Crippen LogP) is 2.31. The molecule has 0 aromatic carbocycles. The summed E-state index contributed by atoms with van der Waals surface area (Å²) in [5, 5.41) is 0. The second kappa shape index (κ2) is 5.82. The molecule has 0 rings (SSSR count). The van der Waals surface area contributed by atoms with Crippen LogP contribution in [0.4, 0.5) is 0 Å². The fraction of sp³-hybridized carbons (Fsp3) is 0.714. The molecule has 1 heteroatoms. The van der Waals surface area contributed by atoms with Gasteiger partial charge in [0, 0.05) is 0 Å². The number of rotatable bonds is 2. The molecule has 0 aliphatic carbocycles. The Balaban J connectivity index is 0. The summed E-state index contributed by atoms with van der Waals surface area (Å²) in [6, 6.07) is 0. The van der Waals surface area contributed by atoms with E-state index >= 15 is 0 Å². The Hall–Kier alpha value is 0.688. The van der Waals surface area contributed by atoms with E-state index in [0.29, 0.717) is 11.8 Å². The van der Waals surface area contributed by atoms with Gasteiger partial charge < -0.3 is 13.8 Å². The largest absolute Gasteiger partial charge is 2.00 e. The summed E-state index contributed by atoms with van der Waals surface area (Å²) in [6.45, 7) is 12.0. The van der Waals surface area contributed by atoms with Gasteiger partial charge in [0.25, 0.3) is 0 Å². The van der Waals surface area contributed by atoms with Gasteiger partial charge in [0.15, 0.2) is 0 Å². The van der Waals surface area contributed by atoms with E-state index in [2.05, 4.69) is 27.7 Å². The summed E-state index contributed by atoms with van der Waals surface area (Å²) in [6.07, 6.45) is 0.956. The van der Waals surface area contributed by atoms with Gasteiger partial charge in [0.1, 0.15) is 0 Å². The average molecular weight is 282 g/mol. The van der Waals surface area contributed by atoms with Crippen LogP contribution in [0.1, 0.15) is 20.3 Å². The summed E-state index contributed by atoms with van der Waals surface area (Å²) in [5.41, 5.74) is 0. The molecule has 1 atom stereocenters. The molecule has 0 aliphatic heterocycles. The summed E-state index contributed by atoms with van der Waals surface area (Å²) < 4.78 is 0. The minimum absolute atomic E-state index is 0. The fourth-order valence-electron chi connectivity index (χ4n) is 0.333. The molecule has 0 saturated carbocycles. The van der Waals surface area contributed by atoms with Crippen LogP contribution >= 0.6 is 0 Å². The van der Waals surface area contributed by atoms with E-state index in [1.165, 1.54) is 0 Å². The van der Waals surface area contributed by atoms with Gasteiger partial charge in [-0.1, -0.05) is 19.8 Å². The summed E-state index contributed by atoms with van der Waals surface area (Å²) in [5.74, 6) is 1.23. The maximum absolute atomic E-state index is 3.89. The van der Waals surface area contributed by atoms with Crippen LogP contribution < -0.4 is 0 Å². The van der Waals surface area contributed by atoms with Crippen molar-refractivity contribution in [3.8, 4) is 0 Å². The van der Waals surface area contributed by atoms with E-state index in [-0.39, 0.29) is 21.1 Å². The van der Waals surface area contributed by atoms with Crippen molar-refractivity contribution in [1.82, 2.24) is 0 Å². The van der Waals surface area contributed by atoms with Gasteiger partial charge in [0.2, 0.25) is 0 Å². The normalized spacial score (nSPS) is 13.1. The van der Waals surface area contributed by atoms with Gasteiger partial charge in [-0.2, -0.15) is 5.92 Å². The van der Waals surface area contributed by atoms with E-state index in [1.54, 1.807) is 0 Å². The van der Waals surface area contributed by atoms with E-state index in [9.17, 15) is 0 Å². The first kappa shape index (κ1) is 11.5. The molecule has 0 aromatic rings. The first-order chi connectivity index (χ1) is 3.18. The predicted molar refractivity (Wildman–Crippen MR) is 33.7 cm³/mol. The Morgan fingerprint density at radius 1 is 1.38 bits per heavy atom. The third-order valence-corrected chi connectivity index (χ3v) is 1.31. The second-order valence-corrected chi connectivity index (χ2v) is 2.29. The summed E-state index contributed by atoms with van der Waals surface area (Å²) in [7, 11) is 0. The topological polar surface area (TPSA) is 0 Å². The smallest absolute Gasteiger partial charge is 0.345 e. The van der Waals surface area contributed by atoms with Crippen LogP contribution in [0.2, 0.25) is 0 Å². The van der Waals surface area contributed by atoms with Crippen molar-refractivity contribution in [3.63, 3.8) is 0 Å². The summed E-state index contributed by atoms with van der Waals surface area (Å²) in [4.78, 5) is 0. The minimum atomic E-state index is 0. The molecular weight excluding hydrogens is 268 g/mol. The first-order valence-electron chi connectivity index (χ1n) is 2.80. The van der Waals surface area contributed by atoms with Crippen LogP contribution in [0, 0.1) is 25.7 Å². The van der Waals surface area contributed by atoms with Crippen LogP contribution in [-0.2, 0) is 21.1 Å². The Morgan fingerprint density at radius 2 is 1.75 bits per heavy atom. The molecule has 0 fully saturated rings. The molecule has 0 aromatic heterocycles. The molecule has 0 N–H and O–H groups in total. The Kier molecular flexibility index (Phi) is 8.35. The van der Waals surface area contributed by atoms with E-state index in [1.807, 2.05) is 0 Å². The molecular formula is C7H14W. The molecule has 0 spiro atoms. The third-order valence-electron chi connectivity index (χ3n) is 1.31. The zero-order valence-corrected chi connectivity index (χ0v) is 8.62. The maximum Gasteiger partial charge on any atom is 2.00 e. The van der Waals surface area contributed by atoms with Gasteiger partial charge in [-0.25, -0.2) is 6.42 Å². The minimum Gasteiger partial charge on any atom is -0.345 e. The Labute approximate surface area is 67.3 Å². The molecule has 48 valence electrons. The van der Waals surface area contributed by atoms with Crippen molar-refractivity contribution < 1.29 is 21.1 Å². The van der Waals surface area contributed by atoms with Crippen LogP contribution in [0.3, 0.4) is 0 Å².